The zero-order chi connectivity index (χ0) is 20.6. The summed E-state index contributed by atoms with van der Waals surface area (Å²) in [5, 5.41) is 8.31. The Morgan fingerprint density at radius 3 is 2.86 bits per heavy atom. The maximum Gasteiger partial charge on any atom is 0.274 e. The molecule has 7 heteroatoms. The Bertz CT molecular complexity index is 1040. The topological polar surface area (TPSA) is 78.3 Å². The standard InChI is InChI=1S/C22H26N4O3/c1-14-5-8-18(23-11-14)20(27)24-16-6-7-17-19(9-16)26(4)25-21(17)28-12-15-10-22(2,3)29-13-15/h5-9,11,15H,10,12-13H2,1-4H3,(H,24,27). The number of anilines is 1. The Morgan fingerprint density at radius 2 is 2.17 bits per heavy atom. The lowest BCUT2D eigenvalue weighted by Gasteiger charge is -2.15. The predicted molar refractivity (Wildman–Crippen MR) is 111 cm³/mol. The number of carbonyl (C=O) groups is 1. The van der Waals surface area contributed by atoms with Gasteiger partial charge in [0.2, 0.25) is 5.88 Å². The number of hydrogen-bond acceptors (Lipinski definition) is 5. The number of amides is 1. The quantitative estimate of drug-likeness (QED) is 0.713. The number of carbonyl (C=O) groups excluding carboxylic acids is 1. The van der Waals surface area contributed by atoms with Gasteiger partial charge < -0.3 is 14.8 Å². The number of ether oxygens (including phenoxy) is 2. The molecule has 3 heterocycles. The average molecular weight is 394 g/mol. The molecule has 1 fully saturated rings. The van der Waals surface area contributed by atoms with E-state index in [9.17, 15) is 4.79 Å². The van der Waals surface area contributed by atoms with Gasteiger partial charge in [-0.05, 0) is 57.0 Å². The second kappa shape index (κ2) is 7.48. The van der Waals surface area contributed by atoms with Gasteiger partial charge in [-0.15, -0.1) is 5.10 Å². The molecule has 7 nitrogen and oxygen atoms in total. The SMILES string of the molecule is Cc1ccc(C(=O)Nc2ccc3c(OCC4COC(C)(C)C4)nn(C)c3c2)nc1. The second-order valence-corrected chi connectivity index (χ2v) is 8.29. The zero-order valence-electron chi connectivity index (χ0n) is 17.2. The number of hydrogen-bond donors (Lipinski definition) is 1. The highest BCUT2D eigenvalue weighted by atomic mass is 16.5. The molecule has 152 valence electrons. The molecule has 2 aromatic heterocycles. The highest BCUT2D eigenvalue weighted by Crippen LogP contribution is 2.31. The van der Waals surface area contributed by atoms with Crippen molar-refractivity contribution in [3.8, 4) is 5.88 Å². The largest absolute Gasteiger partial charge is 0.476 e. The Balaban J connectivity index is 1.47. The van der Waals surface area contributed by atoms with Crippen molar-refractivity contribution < 1.29 is 14.3 Å². The molecule has 1 aliphatic rings. The van der Waals surface area contributed by atoms with Crippen molar-refractivity contribution in [2.45, 2.75) is 32.8 Å². The maximum atomic E-state index is 12.4. The number of fused-ring (bicyclic) bond motifs is 1. The average Bonchev–Trinajstić information content (AvgIpc) is 3.19. The summed E-state index contributed by atoms with van der Waals surface area (Å²) in [5.41, 5.74) is 2.88. The van der Waals surface area contributed by atoms with Gasteiger partial charge in [0, 0.05) is 24.8 Å². The number of benzene rings is 1. The lowest BCUT2D eigenvalue weighted by Crippen LogP contribution is -2.18. The minimum absolute atomic E-state index is 0.0837. The molecule has 0 radical (unpaired) electrons. The molecule has 29 heavy (non-hydrogen) atoms. The summed E-state index contributed by atoms with van der Waals surface area (Å²) in [6.07, 6.45) is 2.65. The summed E-state index contributed by atoms with van der Waals surface area (Å²) in [6, 6.07) is 9.25. The summed E-state index contributed by atoms with van der Waals surface area (Å²) >= 11 is 0. The van der Waals surface area contributed by atoms with E-state index < -0.39 is 0 Å². The molecule has 4 rings (SSSR count). The molecular weight excluding hydrogens is 368 g/mol. The van der Waals surface area contributed by atoms with E-state index in [1.807, 2.05) is 38.2 Å². The van der Waals surface area contributed by atoms with E-state index in [-0.39, 0.29) is 11.5 Å². The molecule has 1 N–H and O–H groups in total. The molecule has 0 bridgehead atoms. The van der Waals surface area contributed by atoms with Crippen LogP contribution >= 0.6 is 0 Å². The van der Waals surface area contributed by atoms with Crippen molar-refractivity contribution in [3.63, 3.8) is 0 Å². The van der Waals surface area contributed by atoms with E-state index in [0.29, 0.717) is 36.4 Å². The minimum Gasteiger partial charge on any atom is -0.476 e. The van der Waals surface area contributed by atoms with E-state index in [1.54, 1.807) is 16.9 Å². The van der Waals surface area contributed by atoms with E-state index in [4.69, 9.17) is 9.47 Å². The first kappa shape index (κ1) is 19.4. The summed E-state index contributed by atoms with van der Waals surface area (Å²) in [6.45, 7) is 7.43. The van der Waals surface area contributed by atoms with Gasteiger partial charge in [-0.1, -0.05) is 6.07 Å². The number of nitrogens with zero attached hydrogens (tertiary/aromatic N) is 3. The molecule has 1 atom stereocenters. The highest BCUT2D eigenvalue weighted by Gasteiger charge is 2.32. The van der Waals surface area contributed by atoms with Crippen LogP contribution in [0.15, 0.2) is 36.5 Å². The van der Waals surface area contributed by atoms with Crippen LogP contribution in [-0.4, -0.2) is 39.5 Å². The van der Waals surface area contributed by atoms with Crippen LogP contribution < -0.4 is 10.1 Å². The number of aromatic nitrogens is 3. The fourth-order valence-corrected chi connectivity index (χ4v) is 3.67. The van der Waals surface area contributed by atoms with Crippen molar-refractivity contribution in [1.29, 1.82) is 0 Å². The van der Waals surface area contributed by atoms with E-state index in [0.717, 1.165) is 22.9 Å². The van der Waals surface area contributed by atoms with Gasteiger partial charge in [0.25, 0.3) is 5.91 Å². The summed E-state index contributed by atoms with van der Waals surface area (Å²) in [4.78, 5) is 16.6. The van der Waals surface area contributed by atoms with E-state index in [1.165, 1.54) is 0 Å². The monoisotopic (exact) mass is 394 g/mol. The van der Waals surface area contributed by atoms with Crippen LogP contribution in [0.2, 0.25) is 0 Å². The van der Waals surface area contributed by atoms with Gasteiger partial charge in [-0.25, -0.2) is 0 Å². The minimum atomic E-state index is -0.244. The maximum absolute atomic E-state index is 12.4. The third-order valence-electron chi connectivity index (χ3n) is 5.17. The molecule has 3 aromatic rings. The lowest BCUT2D eigenvalue weighted by atomic mass is 9.99. The predicted octanol–water partition coefficient (Wildman–Crippen LogP) is 3.72. The van der Waals surface area contributed by atoms with Gasteiger partial charge in [-0.3, -0.25) is 14.5 Å². The second-order valence-electron chi connectivity index (χ2n) is 8.29. The Morgan fingerprint density at radius 1 is 1.34 bits per heavy atom. The van der Waals surface area contributed by atoms with Crippen LogP contribution in [0.4, 0.5) is 5.69 Å². The van der Waals surface area contributed by atoms with Gasteiger partial charge >= 0.3 is 0 Å². The molecule has 0 spiro atoms. The summed E-state index contributed by atoms with van der Waals surface area (Å²) in [7, 11) is 1.87. The Hall–Kier alpha value is -2.93. The molecule has 1 unspecified atom stereocenters. The Kier molecular flexibility index (Phi) is 5.00. The summed E-state index contributed by atoms with van der Waals surface area (Å²) < 4.78 is 13.6. The summed E-state index contributed by atoms with van der Waals surface area (Å²) in [5.74, 6) is 0.722. The van der Waals surface area contributed by atoms with Gasteiger partial charge in [-0.2, -0.15) is 0 Å². The highest BCUT2D eigenvalue weighted by molar-refractivity contribution is 6.04. The zero-order valence-corrected chi connectivity index (χ0v) is 17.2. The first-order chi connectivity index (χ1) is 13.8. The molecule has 1 amide bonds. The van der Waals surface area contributed by atoms with Crippen LogP contribution in [0, 0.1) is 12.8 Å². The Labute approximate surface area is 170 Å². The fourth-order valence-electron chi connectivity index (χ4n) is 3.67. The first-order valence-corrected chi connectivity index (χ1v) is 9.78. The van der Waals surface area contributed by atoms with Crippen molar-refractivity contribution >= 4 is 22.5 Å². The number of pyridine rings is 1. The normalized spacial score (nSPS) is 18.1. The molecule has 1 saturated heterocycles. The fraction of sp³-hybridized carbons (Fsp3) is 0.409. The van der Waals surface area contributed by atoms with Crippen molar-refractivity contribution in [2.75, 3.05) is 18.5 Å². The van der Waals surface area contributed by atoms with Gasteiger partial charge in [0.15, 0.2) is 0 Å². The van der Waals surface area contributed by atoms with Crippen LogP contribution in [-0.2, 0) is 11.8 Å². The van der Waals surface area contributed by atoms with Gasteiger partial charge in [0.05, 0.1) is 29.7 Å². The van der Waals surface area contributed by atoms with Crippen LogP contribution in [0.25, 0.3) is 10.9 Å². The van der Waals surface area contributed by atoms with Crippen molar-refractivity contribution in [2.24, 2.45) is 13.0 Å². The number of aryl methyl sites for hydroxylation is 2. The molecule has 1 aromatic carbocycles. The number of nitrogens with one attached hydrogen (secondary N) is 1. The van der Waals surface area contributed by atoms with Crippen LogP contribution in [0.3, 0.4) is 0 Å². The van der Waals surface area contributed by atoms with Crippen molar-refractivity contribution in [1.82, 2.24) is 14.8 Å². The third-order valence-corrected chi connectivity index (χ3v) is 5.17. The van der Waals surface area contributed by atoms with E-state index >= 15 is 0 Å². The first-order valence-electron chi connectivity index (χ1n) is 9.78. The molecule has 0 saturated carbocycles. The number of rotatable bonds is 5. The van der Waals surface area contributed by atoms with Crippen LogP contribution in [0.1, 0.15) is 36.3 Å². The molecule has 0 aliphatic carbocycles. The smallest absolute Gasteiger partial charge is 0.274 e. The lowest BCUT2D eigenvalue weighted by molar-refractivity contribution is 0.0340. The van der Waals surface area contributed by atoms with E-state index in [2.05, 4.69) is 29.2 Å². The van der Waals surface area contributed by atoms with Crippen LogP contribution in [0.5, 0.6) is 5.88 Å². The van der Waals surface area contributed by atoms with Crippen molar-refractivity contribution in [3.05, 3.63) is 47.8 Å². The third kappa shape index (κ3) is 4.24. The molecule has 1 aliphatic heterocycles. The molecular formula is C22H26N4O3. The van der Waals surface area contributed by atoms with Gasteiger partial charge in [0.1, 0.15) is 5.69 Å².